The van der Waals surface area contributed by atoms with E-state index >= 15 is 0 Å². The fraction of sp³-hybridized carbons (Fsp3) is 0.375. The van der Waals surface area contributed by atoms with Crippen molar-refractivity contribution in [3.63, 3.8) is 0 Å². The molecule has 1 amide bonds. The number of nitrogens with zero attached hydrogens (tertiary/aromatic N) is 2. The molecule has 0 atom stereocenters. The average Bonchev–Trinajstić information content (AvgIpc) is 2.81. The van der Waals surface area contributed by atoms with Gasteiger partial charge in [0.1, 0.15) is 5.01 Å². The fourth-order valence-electron chi connectivity index (χ4n) is 2.02. The van der Waals surface area contributed by atoms with Crippen molar-refractivity contribution in [1.82, 2.24) is 9.88 Å². The predicted molar refractivity (Wildman–Crippen MR) is 87.8 cm³/mol. The third-order valence-corrected chi connectivity index (χ3v) is 4.15. The Bertz CT molecular complexity index is 634. The standard InChI is InChI=1S/C16H21N3OS/c1-11-6-5-7-14(12(11)2)18-15(20)8-13-10-21-16(17-13)9-19(3)4/h5-7,10H,8-9H2,1-4H3,(H,18,20). The van der Waals surface area contributed by atoms with E-state index in [4.69, 9.17) is 0 Å². The molecule has 2 rings (SSSR count). The minimum atomic E-state index is -0.0228. The van der Waals surface area contributed by atoms with Crippen molar-refractivity contribution >= 4 is 22.9 Å². The minimum Gasteiger partial charge on any atom is -0.325 e. The average molecular weight is 303 g/mol. The van der Waals surface area contributed by atoms with E-state index in [0.717, 1.165) is 28.5 Å². The summed E-state index contributed by atoms with van der Waals surface area (Å²) in [7, 11) is 4.02. The summed E-state index contributed by atoms with van der Waals surface area (Å²) in [4.78, 5) is 18.7. The first kappa shape index (κ1) is 15.7. The number of nitrogens with one attached hydrogen (secondary N) is 1. The molecule has 21 heavy (non-hydrogen) atoms. The molecule has 0 saturated carbocycles. The number of aromatic nitrogens is 1. The molecular weight excluding hydrogens is 282 g/mol. The van der Waals surface area contributed by atoms with Gasteiger partial charge in [-0.25, -0.2) is 4.98 Å². The molecule has 0 aliphatic carbocycles. The van der Waals surface area contributed by atoms with Crippen LogP contribution in [-0.2, 0) is 17.8 Å². The van der Waals surface area contributed by atoms with Crippen molar-refractivity contribution in [2.45, 2.75) is 26.8 Å². The third kappa shape index (κ3) is 4.37. The summed E-state index contributed by atoms with van der Waals surface area (Å²) in [5, 5.41) is 5.96. The number of hydrogen-bond donors (Lipinski definition) is 1. The monoisotopic (exact) mass is 303 g/mol. The number of anilines is 1. The molecule has 0 fully saturated rings. The number of aryl methyl sites for hydroxylation is 1. The van der Waals surface area contributed by atoms with Gasteiger partial charge in [0, 0.05) is 17.6 Å². The highest BCUT2D eigenvalue weighted by atomic mass is 32.1. The van der Waals surface area contributed by atoms with E-state index in [-0.39, 0.29) is 5.91 Å². The molecule has 1 N–H and O–H groups in total. The highest BCUT2D eigenvalue weighted by Crippen LogP contribution is 2.18. The Morgan fingerprint density at radius 2 is 2.10 bits per heavy atom. The van der Waals surface area contributed by atoms with Crippen molar-refractivity contribution in [2.75, 3.05) is 19.4 Å². The molecule has 1 aromatic heterocycles. The maximum atomic E-state index is 12.1. The van der Waals surface area contributed by atoms with E-state index < -0.39 is 0 Å². The first-order chi connectivity index (χ1) is 9.95. The van der Waals surface area contributed by atoms with Crippen LogP contribution < -0.4 is 5.32 Å². The third-order valence-electron chi connectivity index (χ3n) is 3.27. The van der Waals surface area contributed by atoms with Crippen LogP contribution in [0.5, 0.6) is 0 Å². The summed E-state index contributed by atoms with van der Waals surface area (Å²) in [5.74, 6) is -0.0228. The minimum absolute atomic E-state index is 0.0228. The molecular formula is C16H21N3OS. The SMILES string of the molecule is Cc1cccc(NC(=O)Cc2csc(CN(C)C)n2)c1C. The normalized spacial score (nSPS) is 10.9. The first-order valence-corrected chi connectivity index (χ1v) is 7.77. The maximum absolute atomic E-state index is 12.1. The zero-order chi connectivity index (χ0) is 15.4. The number of amides is 1. The zero-order valence-corrected chi connectivity index (χ0v) is 13.8. The second kappa shape index (κ2) is 6.83. The molecule has 5 heteroatoms. The van der Waals surface area contributed by atoms with Crippen molar-refractivity contribution in [1.29, 1.82) is 0 Å². The Morgan fingerprint density at radius 1 is 1.33 bits per heavy atom. The van der Waals surface area contributed by atoms with Gasteiger partial charge in [-0.2, -0.15) is 0 Å². The summed E-state index contributed by atoms with van der Waals surface area (Å²) in [6.45, 7) is 4.87. The Balaban J connectivity index is 1.98. The van der Waals surface area contributed by atoms with Crippen molar-refractivity contribution < 1.29 is 4.79 Å². The Hall–Kier alpha value is -1.72. The number of rotatable bonds is 5. The summed E-state index contributed by atoms with van der Waals surface area (Å²) in [6, 6.07) is 5.92. The number of hydrogen-bond acceptors (Lipinski definition) is 4. The van der Waals surface area contributed by atoms with E-state index in [1.807, 2.05) is 51.5 Å². The number of benzene rings is 1. The van der Waals surface area contributed by atoms with Gasteiger partial charge >= 0.3 is 0 Å². The summed E-state index contributed by atoms with van der Waals surface area (Å²) >= 11 is 1.60. The van der Waals surface area contributed by atoms with Gasteiger partial charge in [-0.3, -0.25) is 4.79 Å². The number of thiazole rings is 1. The van der Waals surface area contributed by atoms with Gasteiger partial charge in [-0.05, 0) is 45.1 Å². The number of carbonyl (C=O) groups excluding carboxylic acids is 1. The van der Waals surface area contributed by atoms with E-state index in [9.17, 15) is 4.79 Å². The van der Waals surface area contributed by atoms with Gasteiger partial charge in [0.15, 0.2) is 0 Å². The molecule has 4 nitrogen and oxygen atoms in total. The van der Waals surface area contributed by atoms with E-state index in [1.165, 1.54) is 5.56 Å². The van der Waals surface area contributed by atoms with Crippen LogP contribution >= 0.6 is 11.3 Å². The smallest absolute Gasteiger partial charge is 0.230 e. The van der Waals surface area contributed by atoms with E-state index in [2.05, 4.69) is 15.2 Å². The van der Waals surface area contributed by atoms with Gasteiger partial charge in [0.05, 0.1) is 12.1 Å². The summed E-state index contributed by atoms with van der Waals surface area (Å²) in [6.07, 6.45) is 0.317. The van der Waals surface area contributed by atoms with Crippen LogP contribution in [-0.4, -0.2) is 29.9 Å². The first-order valence-electron chi connectivity index (χ1n) is 6.90. The van der Waals surface area contributed by atoms with Crippen LogP contribution in [0.1, 0.15) is 21.8 Å². The lowest BCUT2D eigenvalue weighted by Crippen LogP contribution is -2.16. The Morgan fingerprint density at radius 3 is 2.81 bits per heavy atom. The second-order valence-electron chi connectivity index (χ2n) is 5.44. The molecule has 0 saturated heterocycles. The number of carbonyl (C=O) groups is 1. The molecule has 0 spiro atoms. The van der Waals surface area contributed by atoms with Crippen LogP contribution in [0.15, 0.2) is 23.6 Å². The Kier molecular flexibility index (Phi) is 5.09. The van der Waals surface area contributed by atoms with Crippen molar-refractivity contribution in [3.8, 4) is 0 Å². The summed E-state index contributed by atoms with van der Waals surface area (Å²) in [5.41, 5.74) is 4.00. The van der Waals surface area contributed by atoms with Gasteiger partial charge < -0.3 is 10.2 Å². The van der Waals surface area contributed by atoms with Crippen molar-refractivity contribution in [2.24, 2.45) is 0 Å². The van der Waals surface area contributed by atoms with E-state index in [1.54, 1.807) is 11.3 Å². The topological polar surface area (TPSA) is 45.2 Å². The molecule has 0 aliphatic heterocycles. The maximum Gasteiger partial charge on any atom is 0.230 e. The fourth-order valence-corrected chi connectivity index (χ4v) is 2.93. The lowest BCUT2D eigenvalue weighted by molar-refractivity contribution is -0.115. The molecule has 0 radical (unpaired) electrons. The molecule has 1 heterocycles. The largest absolute Gasteiger partial charge is 0.325 e. The van der Waals surface area contributed by atoms with Gasteiger partial charge in [-0.15, -0.1) is 11.3 Å². The lowest BCUT2D eigenvalue weighted by atomic mass is 10.1. The molecule has 0 aliphatic rings. The molecule has 1 aromatic carbocycles. The van der Waals surface area contributed by atoms with Crippen LogP contribution in [0, 0.1) is 13.8 Å². The highest BCUT2D eigenvalue weighted by molar-refractivity contribution is 7.09. The van der Waals surface area contributed by atoms with Crippen LogP contribution in [0.4, 0.5) is 5.69 Å². The lowest BCUT2D eigenvalue weighted by Gasteiger charge is -2.09. The predicted octanol–water partition coefficient (Wildman–Crippen LogP) is 3.00. The van der Waals surface area contributed by atoms with Gasteiger partial charge in [0.2, 0.25) is 5.91 Å². The van der Waals surface area contributed by atoms with Crippen LogP contribution in [0.3, 0.4) is 0 Å². The highest BCUT2D eigenvalue weighted by Gasteiger charge is 2.10. The molecule has 2 aromatic rings. The Labute approximate surface area is 129 Å². The van der Waals surface area contributed by atoms with Crippen LogP contribution in [0.2, 0.25) is 0 Å². The summed E-state index contributed by atoms with van der Waals surface area (Å²) < 4.78 is 0. The van der Waals surface area contributed by atoms with Gasteiger partial charge in [0.25, 0.3) is 0 Å². The quantitative estimate of drug-likeness (QED) is 0.923. The molecule has 112 valence electrons. The van der Waals surface area contributed by atoms with Gasteiger partial charge in [-0.1, -0.05) is 12.1 Å². The zero-order valence-electron chi connectivity index (χ0n) is 12.9. The van der Waals surface area contributed by atoms with Crippen LogP contribution in [0.25, 0.3) is 0 Å². The second-order valence-corrected chi connectivity index (χ2v) is 6.39. The van der Waals surface area contributed by atoms with Crippen molar-refractivity contribution in [3.05, 3.63) is 45.4 Å². The molecule has 0 unspecified atom stereocenters. The van der Waals surface area contributed by atoms with E-state index in [0.29, 0.717) is 6.42 Å². The molecule has 0 bridgehead atoms.